The van der Waals surface area contributed by atoms with Crippen molar-refractivity contribution in [3.63, 3.8) is 0 Å². The second kappa shape index (κ2) is 6.70. The van der Waals surface area contributed by atoms with Crippen molar-refractivity contribution in [1.82, 2.24) is 5.32 Å². The first-order chi connectivity index (χ1) is 13.0. The van der Waals surface area contributed by atoms with Crippen LogP contribution in [0.15, 0.2) is 40.8 Å². The normalized spacial score (nSPS) is 16.9. The summed E-state index contributed by atoms with van der Waals surface area (Å²) >= 11 is 0. The lowest BCUT2D eigenvalue weighted by Gasteiger charge is -2.19. The lowest BCUT2D eigenvalue weighted by atomic mass is 10.00. The lowest BCUT2D eigenvalue weighted by molar-refractivity contribution is 0.0764. The van der Waals surface area contributed by atoms with Crippen LogP contribution in [0.3, 0.4) is 0 Å². The van der Waals surface area contributed by atoms with Crippen molar-refractivity contribution in [2.75, 3.05) is 32.1 Å². The zero-order chi connectivity index (χ0) is 19.1. The first kappa shape index (κ1) is 17.5. The average Bonchev–Trinajstić information content (AvgIpc) is 2.98. The molecule has 1 aliphatic rings. The van der Waals surface area contributed by atoms with Gasteiger partial charge in [0.15, 0.2) is 0 Å². The number of carbonyl (C=O) groups is 1. The van der Waals surface area contributed by atoms with Crippen LogP contribution in [-0.2, 0) is 4.74 Å². The standard InChI is InChI=1S/C21H21FN2O3/c1-12-15-10-16-18(11-17(15)24(3)8-9-26-12)27-20(19(16)21(25)23-2)13-4-6-14(22)7-5-13/h4-7,10-12H,8-9H2,1-3H3,(H,23,25)/t12-/m0/s1. The number of hydrogen-bond donors (Lipinski definition) is 1. The molecule has 1 N–H and O–H groups in total. The number of rotatable bonds is 2. The Morgan fingerprint density at radius 2 is 2.00 bits per heavy atom. The summed E-state index contributed by atoms with van der Waals surface area (Å²) in [6, 6.07) is 9.86. The second-order valence-corrected chi connectivity index (χ2v) is 6.73. The van der Waals surface area contributed by atoms with Gasteiger partial charge in [-0.05, 0) is 37.3 Å². The molecule has 6 heteroatoms. The van der Waals surface area contributed by atoms with E-state index in [0.29, 0.717) is 29.1 Å². The van der Waals surface area contributed by atoms with E-state index in [0.717, 1.165) is 23.2 Å². The SMILES string of the molecule is CNC(=O)c1c(-c2ccc(F)cc2)oc2cc3c(cc12)[C@H](C)OCCN3C. The quantitative estimate of drug-likeness (QED) is 0.739. The van der Waals surface area contributed by atoms with Crippen LogP contribution in [0.4, 0.5) is 10.1 Å². The second-order valence-electron chi connectivity index (χ2n) is 6.73. The summed E-state index contributed by atoms with van der Waals surface area (Å²) in [6.45, 7) is 3.41. The summed E-state index contributed by atoms with van der Waals surface area (Å²) in [6.07, 6.45) is -0.0870. The van der Waals surface area contributed by atoms with Gasteiger partial charge >= 0.3 is 0 Å². The monoisotopic (exact) mass is 368 g/mol. The summed E-state index contributed by atoms with van der Waals surface area (Å²) in [5.41, 5.74) is 3.75. The highest BCUT2D eigenvalue weighted by Gasteiger charge is 2.26. The van der Waals surface area contributed by atoms with E-state index in [4.69, 9.17) is 9.15 Å². The third-order valence-electron chi connectivity index (χ3n) is 5.04. The molecular weight excluding hydrogens is 347 g/mol. The molecule has 1 atom stereocenters. The Morgan fingerprint density at radius 3 is 2.70 bits per heavy atom. The number of furan rings is 1. The van der Waals surface area contributed by atoms with Crippen LogP contribution in [0.2, 0.25) is 0 Å². The Hall–Kier alpha value is -2.86. The number of fused-ring (bicyclic) bond motifs is 2. The van der Waals surface area contributed by atoms with Crippen LogP contribution in [0.25, 0.3) is 22.3 Å². The van der Waals surface area contributed by atoms with Gasteiger partial charge in [-0.3, -0.25) is 4.79 Å². The fourth-order valence-corrected chi connectivity index (χ4v) is 3.54. The highest BCUT2D eigenvalue weighted by atomic mass is 19.1. The highest BCUT2D eigenvalue weighted by molar-refractivity contribution is 6.11. The number of carbonyl (C=O) groups excluding carboxylic acids is 1. The van der Waals surface area contributed by atoms with Crippen LogP contribution in [0.1, 0.15) is 28.9 Å². The van der Waals surface area contributed by atoms with Gasteiger partial charge in [0.1, 0.15) is 17.2 Å². The van der Waals surface area contributed by atoms with E-state index in [1.807, 2.05) is 26.1 Å². The molecule has 0 bridgehead atoms. The summed E-state index contributed by atoms with van der Waals surface area (Å²) < 4.78 is 25.3. The van der Waals surface area contributed by atoms with Gasteiger partial charge in [0.2, 0.25) is 0 Å². The number of anilines is 1. The van der Waals surface area contributed by atoms with Gasteiger partial charge in [-0.15, -0.1) is 0 Å². The zero-order valence-corrected chi connectivity index (χ0v) is 15.5. The first-order valence-electron chi connectivity index (χ1n) is 8.90. The molecule has 0 unspecified atom stereocenters. The number of hydrogen-bond acceptors (Lipinski definition) is 4. The van der Waals surface area contributed by atoms with Crippen molar-refractivity contribution in [2.24, 2.45) is 0 Å². The van der Waals surface area contributed by atoms with Gasteiger partial charge in [-0.1, -0.05) is 0 Å². The molecule has 140 valence electrons. The average molecular weight is 368 g/mol. The van der Waals surface area contributed by atoms with Gasteiger partial charge in [-0.25, -0.2) is 4.39 Å². The van der Waals surface area contributed by atoms with Crippen LogP contribution >= 0.6 is 0 Å². The van der Waals surface area contributed by atoms with E-state index < -0.39 is 0 Å². The molecule has 5 nitrogen and oxygen atoms in total. The summed E-state index contributed by atoms with van der Waals surface area (Å²) in [4.78, 5) is 14.8. The van der Waals surface area contributed by atoms with E-state index in [9.17, 15) is 9.18 Å². The summed E-state index contributed by atoms with van der Waals surface area (Å²) in [7, 11) is 3.59. The Labute approximate surface area is 156 Å². The smallest absolute Gasteiger partial charge is 0.255 e. The van der Waals surface area contributed by atoms with E-state index in [1.54, 1.807) is 19.2 Å². The fourth-order valence-electron chi connectivity index (χ4n) is 3.54. The predicted molar refractivity (Wildman–Crippen MR) is 103 cm³/mol. The number of benzene rings is 2. The molecule has 0 aliphatic carbocycles. The van der Waals surface area contributed by atoms with Crippen LogP contribution in [-0.4, -0.2) is 33.2 Å². The number of likely N-dealkylation sites (N-methyl/N-ethyl adjacent to an activating group) is 1. The fraction of sp³-hybridized carbons (Fsp3) is 0.286. The van der Waals surface area contributed by atoms with Gasteiger partial charge in [0.05, 0.1) is 18.3 Å². The highest BCUT2D eigenvalue weighted by Crippen LogP contribution is 2.40. The Bertz CT molecular complexity index is 1010. The van der Waals surface area contributed by atoms with Crippen molar-refractivity contribution in [3.8, 4) is 11.3 Å². The molecule has 2 aromatic carbocycles. The number of nitrogens with zero attached hydrogens (tertiary/aromatic N) is 1. The predicted octanol–water partition coefficient (Wildman–Crippen LogP) is 4.13. The van der Waals surface area contributed by atoms with Crippen LogP contribution in [0.5, 0.6) is 0 Å². The molecule has 0 fully saturated rings. The molecule has 0 radical (unpaired) electrons. The molecule has 1 aromatic heterocycles. The molecule has 3 aromatic rings. The number of ether oxygens (including phenoxy) is 1. The van der Waals surface area contributed by atoms with Gasteiger partial charge < -0.3 is 19.4 Å². The van der Waals surface area contributed by atoms with Crippen molar-refractivity contribution in [3.05, 3.63) is 53.3 Å². The van der Waals surface area contributed by atoms with E-state index in [2.05, 4.69) is 10.2 Å². The first-order valence-corrected chi connectivity index (χ1v) is 8.90. The van der Waals surface area contributed by atoms with E-state index >= 15 is 0 Å². The van der Waals surface area contributed by atoms with Crippen molar-refractivity contribution in [1.29, 1.82) is 0 Å². The van der Waals surface area contributed by atoms with Crippen LogP contribution < -0.4 is 10.2 Å². The third kappa shape index (κ3) is 2.96. The molecule has 0 saturated heterocycles. The molecule has 0 saturated carbocycles. The molecule has 0 spiro atoms. The van der Waals surface area contributed by atoms with Crippen LogP contribution in [0, 0.1) is 5.82 Å². The van der Waals surface area contributed by atoms with Gasteiger partial charge in [0, 0.05) is 48.9 Å². The maximum Gasteiger partial charge on any atom is 0.255 e. The van der Waals surface area contributed by atoms with Gasteiger partial charge in [0.25, 0.3) is 5.91 Å². The topological polar surface area (TPSA) is 54.7 Å². The lowest BCUT2D eigenvalue weighted by Crippen LogP contribution is -2.20. The number of halogens is 1. The largest absolute Gasteiger partial charge is 0.455 e. The molecule has 1 amide bonds. The number of amides is 1. The molecule has 2 heterocycles. The minimum Gasteiger partial charge on any atom is -0.455 e. The summed E-state index contributed by atoms with van der Waals surface area (Å²) in [5, 5.41) is 3.40. The summed E-state index contributed by atoms with van der Waals surface area (Å²) in [5.74, 6) is -0.153. The Morgan fingerprint density at radius 1 is 1.26 bits per heavy atom. The minimum atomic E-state index is -0.337. The minimum absolute atomic E-state index is 0.0870. The van der Waals surface area contributed by atoms with Gasteiger partial charge in [-0.2, -0.15) is 0 Å². The maximum absolute atomic E-state index is 13.3. The molecule has 27 heavy (non-hydrogen) atoms. The number of nitrogens with one attached hydrogen (secondary N) is 1. The van der Waals surface area contributed by atoms with Crippen molar-refractivity contribution >= 4 is 22.6 Å². The Kier molecular flexibility index (Phi) is 4.36. The van der Waals surface area contributed by atoms with E-state index in [1.165, 1.54) is 12.1 Å². The van der Waals surface area contributed by atoms with Crippen molar-refractivity contribution in [2.45, 2.75) is 13.0 Å². The zero-order valence-electron chi connectivity index (χ0n) is 15.5. The third-order valence-corrected chi connectivity index (χ3v) is 5.04. The molecular formula is C21H21FN2O3. The van der Waals surface area contributed by atoms with E-state index in [-0.39, 0.29) is 17.8 Å². The maximum atomic E-state index is 13.3. The molecule has 4 rings (SSSR count). The molecule has 1 aliphatic heterocycles. The van der Waals surface area contributed by atoms with Crippen molar-refractivity contribution < 1.29 is 18.3 Å². The Balaban J connectivity index is 1.99.